The van der Waals surface area contributed by atoms with Crippen LogP contribution in [0.2, 0.25) is 0 Å². The first-order valence-electron chi connectivity index (χ1n) is 6.02. The zero-order chi connectivity index (χ0) is 15.4. The second-order valence-corrected chi connectivity index (χ2v) is 4.18. The number of rotatable bonds is 4. The fraction of sp³-hybridized carbons (Fsp3) is 0. The Bertz CT molecular complexity index is 701. The van der Waals surface area contributed by atoms with E-state index in [9.17, 15) is 19.8 Å². The second-order valence-electron chi connectivity index (χ2n) is 4.18. The number of esters is 1. The van der Waals surface area contributed by atoms with E-state index in [4.69, 9.17) is 4.74 Å². The van der Waals surface area contributed by atoms with Gasteiger partial charge in [0.1, 0.15) is 17.2 Å². The summed E-state index contributed by atoms with van der Waals surface area (Å²) in [5.41, 5.74) is 0.387. The summed E-state index contributed by atoms with van der Waals surface area (Å²) in [4.78, 5) is 23.3. The maximum Gasteiger partial charge on any atom is 0.335 e. The summed E-state index contributed by atoms with van der Waals surface area (Å²) in [5.74, 6) is -1.22. The molecular formula is C16H12O5. The van der Waals surface area contributed by atoms with E-state index in [1.165, 1.54) is 42.5 Å². The number of carbonyl (C=O) groups excluding carboxylic acids is 2. The van der Waals surface area contributed by atoms with Gasteiger partial charge in [0.25, 0.3) is 0 Å². The minimum Gasteiger partial charge on any atom is -0.508 e. The molecule has 0 radical (unpaired) electrons. The summed E-state index contributed by atoms with van der Waals surface area (Å²) in [6.45, 7) is 3.26. The van der Waals surface area contributed by atoms with Crippen LogP contribution < -0.4 is 4.74 Å². The third kappa shape index (κ3) is 3.27. The Morgan fingerprint density at radius 3 is 2.29 bits per heavy atom. The first kappa shape index (κ1) is 14.3. The molecule has 2 aromatic carbocycles. The molecule has 0 heterocycles. The molecule has 2 N–H and O–H groups in total. The number of ketones is 1. The standard InChI is InChI=1S/C16H12O5/c1-2-15(19)21-12-7-8-13(14(18)9-12)16(20)10-3-5-11(17)6-4-10/h2-9,17-18H,1H2. The predicted octanol–water partition coefficient (Wildman–Crippen LogP) is 2.42. The first-order chi connectivity index (χ1) is 10.0. The van der Waals surface area contributed by atoms with Gasteiger partial charge in [-0.2, -0.15) is 0 Å². The SMILES string of the molecule is C=CC(=O)Oc1ccc(C(=O)c2ccc(O)cc2)c(O)c1. The molecule has 2 rings (SSSR count). The number of hydrogen-bond donors (Lipinski definition) is 2. The summed E-state index contributed by atoms with van der Waals surface area (Å²) < 4.78 is 4.84. The predicted molar refractivity (Wildman–Crippen MR) is 75.5 cm³/mol. The molecule has 0 unspecified atom stereocenters. The van der Waals surface area contributed by atoms with Crippen LogP contribution in [0, 0.1) is 0 Å². The van der Waals surface area contributed by atoms with Crippen molar-refractivity contribution in [3.63, 3.8) is 0 Å². The Balaban J connectivity index is 2.28. The molecule has 0 aliphatic rings. The third-order valence-electron chi connectivity index (χ3n) is 2.73. The topological polar surface area (TPSA) is 83.8 Å². The van der Waals surface area contributed by atoms with Crippen molar-refractivity contribution >= 4 is 11.8 Å². The van der Waals surface area contributed by atoms with Crippen LogP contribution in [-0.2, 0) is 4.79 Å². The average molecular weight is 284 g/mol. The van der Waals surface area contributed by atoms with Crippen LogP contribution in [0.5, 0.6) is 17.2 Å². The lowest BCUT2D eigenvalue weighted by atomic mass is 10.0. The molecule has 0 spiro atoms. The van der Waals surface area contributed by atoms with Crippen LogP contribution in [0.3, 0.4) is 0 Å². The van der Waals surface area contributed by atoms with Gasteiger partial charge in [0.2, 0.25) is 0 Å². The number of carbonyl (C=O) groups is 2. The highest BCUT2D eigenvalue weighted by atomic mass is 16.5. The Morgan fingerprint density at radius 1 is 1.05 bits per heavy atom. The number of phenolic OH excluding ortho intramolecular Hbond substituents is 2. The van der Waals surface area contributed by atoms with Crippen molar-refractivity contribution in [1.29, 1.82) is 0 Å². The average Bonchev–Trinajstić information content (AvgIpc) is 2.47. The summed E-state index contributed by atoms with van der Waals surface area (Å²) in [7, 11) is 0. The molecule has 0 aliphatic heterocycles. The molecule has 0 bridgehead atoms. The van der Waals surface area contributed by atoms with E-state index in [-0.39, 0.29) is 22.8 Å². The molecular weight excluding hydrogens is 272 g/mol. The molecule has 2 aromatic rings. The van der Waals surface area contributed by atoms with E-state index in [0.717, 1.165) is 6.08 Å². The number of benzene rings is 2. The van der Waals surface area contributed by atoms with E-state index in [1.807, 2.05) is 0 Å². The Kier molecular flexibility index (Phi) is 4.04. The lowest BCUT2D eigenvalue weighted by Crippen LogP contribution is -2.05. The molecule has 0 atom stereocenters. The van der Waals surface area contributed by atoms with Crippen molar-refractivity contribution in [1.82, 2.24) is 0 Å². The van der Waals surface area contributed by atoms with Crippen LogP contribution in [0.25, 0.3) is 0 Å². The molecule has 0 aromatic heterocycles. The van der Waals surface area contributed by atoms with E-state index in [0.29, 0.717) is 5.56 Å². The van der Waals surface area contributed by atoms with Gasteiger partial charge in [-0.3, -0.25) is 4.79 Å². The second kappa shape index (κ2) is 5.92. The van der Waals surface area contributed by atoms with Crippen molar-refractivity contribution < 1.29 is 24.5 Å². The summed E-state index contributed by atoms with van der Waals surface area (Å²) in [5, 5.41) is 19.1. The fourth-order valence-corrected chi connectivity index (χ4v) is 1.69. The number of phenols is 2. The summed E-state index contributed by atoms with van der Waals surface area (Å²) >= 11 is 0. The van der Waals surface area contributed by atoms with Crippen molar-refractivity contribution in [2.75, 3.05) is 0 Å². The molecule has 21 heavy (non-hydrogen) atoms. The number of hydrogen-bond acceptors (Lipinski definition) is 5. The molecule has 5 heteroatoms. The van der Waals surface area contributed by atoms with Crippen LogP contribution >= 0.6 is 0 Å². The fourth-order valence-electron chi connectivity index (χ4n) is 1.69. The van der Waals surface area contributed by atoms with Crippen molar-refractivity contribution in [2.45, 2.75) is 0 Å². The highest BCUT2D eigenvalue weighted by Crippen LogP contribution is 2.26. The minimum absolute atomic E-state index is 0.0439. The lowest BCUT2D eigenvalue weighted by molar-refractivity contribution is -0.128. The molecule has 106 valence electrons. The smallest absolute Gasteiger partial charge is 0.335 e. The first-order valence-corrected chi connectivity index (χ1v) is 6.02. The van der Waals surface area contributed by atoms with Gasteiger partial charge in [-0.05, 0) is 36.4 Å². The summed E-state index contributed by atoms with van der Waals surface area (Å²) in [6, 6.07) is 9.58. The van der Waals surface area contributed by atoms with Gasteiger partial charge in [0.05, 0.1) is 5.56 Å². The lowest BCUT2D eigenvalue weighted by Gasteiger charge is -2.07. The third-order valence-corrected chi connectivity index (χ3v) is 2.73. The van der Waals surface area contributed by atoms with Gasteiger partial charge in [-0.25, -0.2) is 4.79 Å². The molecule has 0 aliphatic carbocycles. The molecule has 5 nitrogen and oxygen atoms in total. The van der Waals surface area contributed by atoms with E-state index in [1.54, 1.807) is 0 Å². The van der Waals surface area contributed by atoms with Gasteiger partial charge >= 0.3 is 5.97 Å². The number of aromatic hydroxyl groups is 2. The zero-order valence-corrected chi connectivity index (χ0v) is 10.9. The maximum absolute atomic E-state index is 12.2. The van der Waals surface area contributed by atoms with E-state index >= 15 is 0 Å². The van der Waals surface area contributed by atoms with Crippen molar-refractivity contribution in [3.05, 3.63) is 66.2 Å². The van der Waals surface area contributed by atoms with Crippen molar-refractivity contribution in [2.24, 2.45) is 0 Å². The zero-order valence-electron chi connectivity index (χ0n) is 10.9. The van der Waals surface area contributed by atoms with Gasteiger partial charge in [0, 0.05) is 17.7 Å². The minimum atomic E-state index is -0.660. The maximum atomic E-state index is 12.2. The quantitative estimate of drug-likeness (QED) is 0.390. The Morgan fingerprint density at radius 2 is 1.71 bits per heavy atom. The van der Waals surface area contributed by atoms with E-state index < -0.39 is 11.8 Å². The van der Waals surface area contributed by atoms with Crippen LogP contribution in [0.1, 0.15) is 15.9 Å². The van der Waals surface area contributed by atoms with Crippen molar-refractivity contribution in [3.8, 4) is 17.2 Å². The van der Waals surface area contributed by atoms with Crippen LogP contribution in [0.15, 0.2) is 55.1 Å². The highest BCUT2D eigenvalue weighted by Gasteiger charge is 2.15. The normalized spacial score (nSPS) is 9.90. The van der Waals surface area contributed by atoms with Gasteiger partial charge in [0.15, 0.2) is 5.78 Å². The van der Waals surface area contributed by atoms with Crippen LogP contribution in [-0.4, -0.2) is 22.0 Å². The molecule has 0 fully saturated rings. The van der Waals surface area contributed by atoms with Crippen LogP contribution in [0.4, 0.5) is 0 Å². The Hall–Kier alpha value is -3.08. The molecule has 0 saturated carbocycles. The Labute approximate surface area is 120 Å². The monoisotopic (exact) mass is 284 g/mol. The highest BCUT2D eigenvalue weighted by molar-refractivity contribution is 6.10. The van der Waals surface area contributed by atoms with Gasteiger partial charge in [-0.15, -0.1) is 0 Å². The summed E-state index contributed by atoms with van der Waals surface area (Å²) in [6.07, 6.45) is 0.993. The number of ether oxygens (including phenoxy) is 1. The van der Waals surface area contributed by atoms with E-state index in [2.05, 4.69) is 6.58 Å². The molecule has 0 saturated heterocycles. The van der Waals surface area contributed by atoms with Gasteiger partial charge in [-0.1, -0.05) is 6.58 Å². The molecule has 0 amide bonds. The van der Waals surface area contributed by atoms with Gasteiger partial charge < -0.3 is 14.9 Å². The largest absolute Gasteiger partial charge is 0.508 e.